The molecule has 0 heterocycles. The van der Waals surface area contributed by atoms with E-state index in [1.165, 1.54) is 11.1 Å². The summed E-state index contributed by atoms with van der Waals surface area (Å²) in [6.07, 6.45) is 0.118. The summed E-state index contributed by atoms with van der Waals surface area (Å²) < 4.78 is 5.71. The van der Waals surface area contributed by atoms with Gasteiger partial charge in [-0.3, -0.25) is 0 Å². The van der Waals surface area contributed by atoms with Gasteiger partial charge in [0.15, 0.2) is 0 Å². The molecule has 0 saturated carbocycles. The Bertz CT molecular complexity index is 360. The summed E-state index contributed by atoms with van der Waals surface area (Å²) in [4.78, 5) is 0. The molecule has 0 saturated heterocycles. The summed E-state index contributed by atoms with van der Waals surface area (Å²) in [7, 11) is 0. The second-order valence-corrected chi connectivity index (χ2v) is 4.43. The molecule has 1 nitrogen and oxygen atoms in total. The second kappa shape index (κ2) is 5.14. The van der Waals surface area contributed by atoms with Gasteiger partial charge in [-0.1, -0.05) is 0 Å². The van der Waals surface area contributed by atoms with E-state index < -0.39 is 0 Å². The van der Waals surface area contributed by atoms with Gasteiger partial charge in [-0.2, -0.15) is 0 Å². The molecule has 0 aromatic heterocycles. The monoisotopic (exact) mass is 260 g/mol. The van der Waals surface area contributed by atoms with Crippen molar-refractivity contribution in [3.63, 3.8) is 0 Å². The molecule has 0 aliphatic carbocycles. The molecule has 0 atom stereocenters. The predicted molar refractivity (Wildman–Crippen MR) is 65.8 cm³/mol. The van der Waals surface area contributed by atoms with Gasteiger partial charge in [-0.25, -0.2) is 0 Å². The summed E-state index contributed by atoms with van der Waals surface area (Å²) in [6.45, 7) is 0. The molecule has 0 aliphatic rings. The van der Waals surface area contributed by atoms with Crippen molar-refractivity contribution in [3.8, 4) is 0 Å². The summed E-state index contributed by atoms with van der Waals surface area (Å²) in [6, 6.07) is 20.7. The van der Waals surface area contributed by atoms with Crippen LogP contribution in [0.25, 0.3) is 0 Å². The molecule has 2 rings (SSSR count). The van der Waals surface area contributed by atoms with Gasteiger partial charge in [-0.05, 0) is 0 Å². The first-order chi connectivity index (χ1) is 7.42. The van der Waals surface area contributed by atoms with E-state index in [-0.39, 0.29) is 6.10 Å². The Kier molecular flexibility index (Phi) is 3.59. The Morgan fingerprint density at radius 3 is 1.47 bits per heavy atom. The van der Waals surface area contributed by atoms with E-state index >= 15 is 0 Å². The van der Waals surface area contributed by atoms with Gasteiger partial charge >= 0.3 is 98.5 Å². The Hall–Kier alpha value is -1.06. The van der Waals surface area contributed by atoms with Crippen LogP contribution in [0.2, 0.25) is 0 Å². The Labute approximate surface area is 98.7 Å². The third-order valence-electron chi connectivity index (χ3n) is 2.44. The number of benzene rings is 2. The summed E-state index contributed by atoms with van der Waals surface area (Å²) in [5.74, 6) is 0. The fourth-order valence-electron chi connectivity index (χ4n) is 1.72. The average Bonchev–Trinajstić information content (AvgIpc) is 2.33. The molecule has 15 heavy (non-hydrogen) atoms. The van der Waals surface area contributed by atoms with Gasteiger partial charge in [0.2, 0.25) is 0 Å². The van der Waals surface area contributed by atoms with Gasteiger partial charge in [-0.15, -0.1) is 0 Å². The zero-order valence-electron chi connectivity index (χ0n) is 8.76. The molecule has 2 aromatic carbocycles. The van der Waals surface area contributed by atoms with E-state index in [0.717, 1.165) is 0 Å². The van der Waals surface area contributed by atoms with Crippen molar-refractivity contribution in [2.24, 2.45) is 0 Å². The third-order valence-corrected chi connectivity index (χ3v) is 3.43. The van der Waals surface area contributed by atoms with Crippen molar-refractivity contribution in [2.75, 3.05) is 0 Å². The molecule has 0 spiro atoms. The van der Waals surface area contributed by atoms with Crippen LogP contribution < -0.4 is 0 Å². The predicted octanol–water partition coefficient (Wildman–Crippen LogP) is 2.07. The maximum atomic E-state index is 5.71. The van der Waals surface area contributed by atoms with Crippen LogP contribution >= 0.6 is 0 Å². The van der Waals surface area contributed by atoms with Crippen LogP contribution in [-0.4, -0.2) is 16.9 Å². The normalized spacial score (nSPS) is 10.7. The molecule has 0 radical (unpaired) electrons. The van der Waals surface area contributed by atoms with Crippen LogP contribution in [0.15, 0.2) is 60.7 Å². The van der Waals surface area contributed by atoms with Crippen LogP contribution in [-0.2, 0) is 3.76 Å². The molecule has 0 amide bonds. The van der Waals surface area contributed by atoms with Crippen molar-refractivity contribution >= 4 is 16.9 Å². The minimum absolute atomic E-state index is 0.118. The van der Waals surface area contributed by atoms with Crippen LogP contribution in [0.5, 0.6) is 0 Å². The third kappa shape index (κ3) is 2.49. The number of hydrogen-bond acceptors (Lipinski definition) is 1. The zero-order chi connectivity index (χ0) is 10.5. The molecule has 0 fully saturated rings. The topological polar surface area (TPSA) is 9.23 Å². The van der Waals surface area contributed by atoms with Gasteiger partial charge in [0.1, 0.15) is 0 Å². The SMILES string of the molecule is [GeH3][O]C(c1ccccc1)c1ccccc1. The number of rotatable bonds is 3. The van der Waals surface area contributed by atoms with Crippen LogP contribution in [0, 0.1) is 0 Å². The second-order valence-electron chi connectivity index (χ2n) is 3.44. The van der Waals surface area contributed by atoms with E-state index in [4.69, 9.17) is 3.76 Å². The van der Waals surface area contributed by atoms with E-state index in [1.807, 2.05) is 12.1 Å². The van der Waals surface area contributed by atoms with Gasteiger partial charge < -0.3 is 0 Å². The molecule has 0 unspecified atom stereocenters. The molecule has 2 heteroatoms. The van der Waals surface area contributed by atoms with Gasteiger partial charge in [0.25, 0.3) is 0 Å². The molecule has 76 valence electrons. The average molecular weight is 259 g/mol. The van der Waals surface area contributed by atoms with Gasteiger partial charge in [0, 0.05) is 0 Å². The van der Waals surface area contributed by atoms with E-state index in [2.05, 4.69) is 48.5 Å². The van der Waals surface area contributed by atoms with Gasteiger partial charge in [0.05, 0.1) is 0 Å². The van der Waals surface area contributed by atoms with Crippen molar-refractivity contribution in [1.82, 2.24) is 0 Å². The Morgan fingerprint density at radius 1 is 0.733 bits per heavy atom. The zero-order valence-corrected chi connectivity index (χ0v) is 13.0. The van der Waals surface area contributed by atoms with E-state index in [9.17, 15) is 0 Å². The quantitative estimate of drug-likeness (QED) is 0.766. The Balaban J connectivity index is 2.34. The van der Waals surface area contributed by atoms with Crippen LogP contribution in [0.1, 0.15) is 17.2 Å². The van der Waals surface area contributed by atoms with Crippen molar-refractivity contribution < 1.29 is 3.76 Å². The van der Waals surface area contributed by atoms with Crippen LogP contribution in [0.4, 0.5) is 0 Å². The summed E-state index contributed by atoms with van der Waals surface area (Å²) in [5, 5.41) is 0. The first-order valence-electron chi connectivity index (χ1n) is 5.04. The van der Waals surface area contributed by atoms with E-state index in [1.54, 1.807) is 0 Å². The fraction of sp³-hybridized carbons (Fsp3) is 0.0769. The first kappa shape index (κ1) is 10.5. The maximum absolute atomic E-state index is 5.71. The molecule has 0 aliphatic heterocycles. The Morgan fingerprint density at radius 2 is 1.13 bits per heavy atom. The van der Waals surface area contributed by atoms with E-state index in [0.29, 0.717) is 16.9 Å². The fourth-order valence-corrected chi connectivity index (χ4v) is 2.86. The van der Waals surface area contributed by atoms with Crippen molar-refractivity contribution in [3.05, 3.63) is 71.8 Å². The molecule has 0 bridgehead atoms. The minimum atomic E-state index is 0.118. The number of hydrogen-bond donors (Lipinski definition) is 0. The molecular weight excluding hydrogens is 245 g/mol. The molecule has 0 N–H and O–H groups in total. The standard InChI is InChI=1S/C13H14GeO/c14-15-13(11-7-3-1-4-8-11)12-9-5-2-6-10-12/h1-10,13H,14H3. The summed E-state index contributed by atoms with van der Waals surface area (Å²) in [5.41, 5.74) is 2.47. The summed E-state index contributed by atoms with van der Waals surface area (Å²) >= 11 is 0.392. The molecular formula is C13H14GeO. The van der Waals surface area contributed by atoms with Crippen LogP contribution in [0.3, 0.4) is 0 Å². The first-order valence-corrected chi connectivity index (χ1v) is 6.76. The van der Waals surface area contributed by atoms with Crippen molar-refractivity contribution in [1.29, 1.82) is 0 Å². The van der Waals surface area contributed by atoms with Crippen molar-refractivity contribution in [2.45, 2.75) is 6.10 Å². The molecule has 2 aromatic rings.